The Labute approximate surface area is 122 Å². The molecule has 2 rings (SSSR count). The van der Waals surface area contributed by atoms with Gasteiger partial charge in [0.2, 0.25) is 0 Å². The van der Waals surface area contributed by atoms with Crippen LogP contribution in [0, 0.1) is 10.1 Å². The molecule has 0 saturated carbocycles. The summed E-state index contributed by atoms with van der Waals surface area (Å²) < 4.78 is 0. The monoisotopic (exact) mass is 291 g/mol. The van der Waals surface area contributed by atoms with E-state index in [1.54, 1.807) is 12.1 Å². The summed E-state index contributed by atoms with van der Waals surface area (Å²) in [5.74, 6) is -0.250. The number of rotatable bonds is 4. The second kappa shape index (κ2) is 7.59. The predicted molar refractivity (Wildman–Crippen MR) is 81.5 cm³/mol. The Balaban J connectivity index is 0.00000106. The van der Waals surface area contributed by atoms with E-state index in [9.17, 15) is 15.2 Å². The number of para-hydroxylation sites is 2. The zero-order valence-corrected chi connectivity index (χ0v) is 11.7. The fourth-order valence-corrected chi connectivity index (χ4v) is 1.50. The maximum atomic E-state index is 10.8. The molecule has 2 aromatic carbocycles. The predicted octanol–water partition coefficient (Wildman–Crippen LogP) is 3.47. The van der Waals surface area contributed by atoms with Crippen LogP contribution in [0.3, 0.4) is 0 Å². The van der Waals surface area contributed by atoms with Crippen molar-refractivity contribution in [2.75, 3.05) is 10.9 Å². The zero-order valence-electron chi connectivity index (χ0n) is 11.7. The summed E-state index contributed by atoms with van der Waals surface area (Å²) in [6, 6.07) is 10.1. The molecular formula is C14H17N3O4. The molecule has 0 aliphatic heterocycles. The van der Waals surface area contributed by atoms with Crippen molar-refractivity contribution >= 4 is 17.1 Å². The molecule has 0 amide bonds. The fraction of sp³-hybridized carbons (Fsp3) is 0.143. The van der Waals surface area contributed by atoms with E-state index in [4.69, 9.17) is 5.11 Å². The first-order chi connectivity index (χ1) is 10.1. The van der Waals surface area contributed by atoms with Gasteiger partial charge in [-0.25, -0.2) is 0 Å². The van der Waals surface area contributed by atoms with Crippen LogP contribution in [0.25, 0.3) is 0 Å². The second-order valence-electron chi connectivity index (χ2n) is 3.73. The normalized spacial score (nSPS) is 9.24. The summed E-state index contributed by atoms with van der Waals surface area (Å²) in [6.07, 6.45) is 0. The molecule has 2 aromatic rings. The molecule has 0 spiro atoms. The maximum absolute atomic E-state index is 10.8. The molecule has 4 N–H and O–H groups in total. The molecule has 7 heteroatoms. The number of benzene rings is 2. The molecule has 0 heterocycles. The van der Waals surface area contributed by atoms with Crippen LogP contribution in [0.15, 0.2) is 42.5 Å². The summed E-state index contributed by atoms with van der Waals surface area (Å²) in [5.41, 5.74) is 5.74. The highest BCUT2D eigenvalue weighted by Crippen LogP contribution is 2.28. The third-order valence-electron chi connectivity index (χ3n) is 2.41. The Hall–Kier alpha value is -2.96. The van der Waals surface area contributed by atoms with Gasteiger partial charge in [0.15, 0.2) is 0 Å². The SMILES string of the molecule is CC.O=[N+]([O-])c1ccccc1NNc1ccc(O)cc1O. The number of aromatic hydroxyl groups is 2. The van der Waals surface area contributed by atoms with Crippen LogP contribution < -0.4 is 10.9 Å². The highest BCUT2D eigenvalue weighted by Gasteiger charge is 2.12. The van der Waals surface area contributed by atoms with Crippen molar-refractivity contribution < 1.29 is 15.1 Å². The van der Waals surface area contributed by atoms with E-state index in [2.05, 4.69) is 10.9 Å². The number of nitrogens with zero attached hydrogens (tertiary/aromatic N) is 1. The Bertz CT molecular complexity index is 617. The van der Waals surface area contributed by atoms with Gasteiger partial charge in [0.1, 0.15) is 17.2 Å². The molecule has 0 unspecified atom stereocenters. The molecule has 7 nitrogen and oxygen atoms in total. The quantitative estimate of drug-likeness (QED) is 0.297. The van der Waals surface area contributed by atoms with E-state index in [1.165, 1.54) is 24.3 Å². The number of phenolic OH excluding ortho intramolecular Hbond substituents is 2. The average Bonchev–Trinajstić information content (AvgIpc) is 2.48. The smallest absolute Gasteiger partial charge is 0.294 e. The van der Waals surface area contributed by atoms with E-state index < -0.39 is 4.92 Å². The van der Waals surface area contributed by atoms with Crippen molar-refractivity contribution in [3.63, 3.8) is 0 Å². The first kappa shape index (κ1) is 16.1. The van der Waals surface area contributed by atoms with E-state index in [-0.39, 0.29) is 28.6 Å². The number of anilines is 2. The molecule has 0 aliphatic rings. The number of phenols is 2. The van der Waals surface area contributed by atoms with E-state index in [1.807, 2.05) is 13.8 Å². The number of hydrogen-bond donors (Lipinski definition) is 4. The molecule has 21 heavy (non-hydrogen) atoms. The molecule has 0 aromatic heterocycles. The number of hydrazine groups is 1. The van der Waals surface area contributed by atoms with Crippen molar-refractivity contribution in [3.8, 4) is 11.5 Å². The zero-order chi connectivity index (χ0) is 15.8. The fourth-order valence-electron chi connectivity index (χ4n) is 1.50. The number of hydrogen-bond acceptors (Lipinski definition) is 6. The highest BCUT2D eigenvalue weighted by molar-refractivity contribution is 5.66. The Morgan fingerprint density at radius 2 is 1.62 bits per heavy atom. The maximum Gasteiger partial charge on any atom is 0.294 e. The Morgan fingerprint density at radius 3 is 2.24 bits per heavy atom. The minimum absolute atomic E-state index is 0.0752. The van der Waals surface area contributed by atoms with Gasteiger partial charge < -0.3 is 10.2 Å². The topological polar surface area (TPSA) is 108 Å². The first-order valence-corrected chi connectivity index (χ1v) is 6.35. The number of nitrogens with one attached hydrogen (secondary N) is 2. The largest absolute Gasteiger partial charge is 0.508 e. The summed E-state index contributed by atoms with van der Waals surface area (Å²) >= 11 is 0. The molecule has 0 saturated heterocycles. The minimum atomic E-state index is -0.513. The van der Waals surface area contributed by atoms with Gasteiger partial charge in [-0.15, -0.1) is 0 Å². The van der Waals surface area contributed by atoms with Crippen molar-refractivity contribution in [2.45, 2.75) is 13.8 Å². The van der Waals surface area contributed by atoms with Crippen molar-refractivity contribution in [3.05, 3.63) is 52.6 Å². The lowest BCUT2D eigenvalue weighted by Crippen LogP contribution is -2.10. The van der Waals surface area contributed by atoms with Crippen molar-refractivity contribution in [1.82, 2.24) is 0 Å². The summed E-state index contributed by atoms with van der Waals surface area (Å²) in [4.78, 5) is 10.3. The van der Waals surface area contributed by atoms with Gasteiger partial charge in [-0.1, -0.05) is 26.0 Å². The van der Waals surface area contributed by atoms with Gasteiger partial charge in [0, 0.05) is 12.1 Å². The standard InChI is InChI=1S/C12H11N3O4.C2H6/c16-8-5-6-10(12(17)7-8)14-13-9-3-1-2-4-11(9)15(18)19;1-2/h1-7,13-14,16-17H;1-2H3. The average molecular weight is 291 g/mol. The van der Waals surface area contributed by atoms with E-state index >= 15 is 0 Å². The lowest BCUT2D eigenvalue weighted by atomic mass is 10.2. The van der Waals surface area contributed by atoms with E-state index in [0.29, 0.717) is 0 Å². The third-order valence-corrected chi connectivity index (χ3v) is 2.41. The molecule has 0 fully saturated rings. The Morgan fingerprint density at radius 1 is 1.00 bits per heavy atom. The Kier molecular flexibility index (Phi) is 5.81. The lowest BCUT2D eigenvalue weighted by Gasteiger charge is -2.11. The van der Waals surface area contributed by atoms with Crippen molar-refractivity contribution in [2.24, 2.45) is 0 Å². The van der Waals surface area contributed by atoms with Gasteiger partial charge in [0.05, 0.1) is 10.6 Å². The van der Waals surface area contributed by atoms with Crippen LogP contribution in [0.1, 0.15) is 13.8 Å². The van der Waals surface area contributed by atoms with Gasteiger partial charge >= 0.3 is 0 Å². The summed E-state index contributed by atoms with van der Waals surface area (Å²) in [7, 11) is 0. The van der Waals surface area contributed by atoms with E-state index in [0.717, 1.165) is 6.07 Å². The second-order valence-corrected chi connectivity index (χ2v) is 3.73. The van der Waals surface area contributed by atoms with Gasteiger partial charge in [-0.05, 0) is 18.2 Å². The molecule has 0 aliphatic carbocycles. The van der Waals surface area contributed by atoms with Crippen molar-refractivity contribution in [1.29, 1.82) is 0 Å². The van der Waals surface area contributed by atoms with Crippen LogP contribution >= 0.6 is 0 Å². The highest BCUT2D eigenvalue weighted by atomic mass is 16.6. The van der Waals surface area contributed by atoms with Gasteiger partial charge in [0.25, 0.3) is 5.69 Å². The molecule has 0 radical (unpaired) electrons. The van der Waals surface area contributed by atoms with Crippen LogP contribution in [-0.4, -0.2) is 15.1 Å². The minimum Gasteiger partial charge on any atom is -0.508 e. The molecule has 0 bridgehead atoms. The van der Waals surface area contributed by atoms with Gasteiger partial charge in [-0.3, -0.25) is 21.0 Å². The molecule has 0 atom stereocenters. The summed E-state index contributed by atoms with van der Waals surface area (Å²) in [5, 5.41) is 29.5. The summed E-state index contributed by atoms with van der Waals surface area (Å²) in [6.45, 7) is 4.00. The number of nitro benzene ring substituents is 1. The first-order valence-electron chi connectivity index (χ1n) is 6.35. The van der Waals surface area contributed by atoms with Crippen LogP contribution in [0.2, 0.25) is 0 Å². The van der Waals surface area contributed by atoms with Crippen LogP contribution in [-0.2, 0) is 0 Å². The number of nitro groups is 1. The molecular weight excluding hydrogens is 274 g/mol. The third kappa shape index (κ3) is 4.27. The van der Waals surface area contributed by atoms with Crippen LogP contribution in [0.4, 0.5) is 17.1 Å². The van der Waals surface area contributed by atoms with Crippen LogP contribution in [0.5, 0.6) is 11.5 Å². The van der Waals surface area contributed by atoms with Gasteiger partial charge in [-0.2, -0.15) is 0 Å². The lowest BCUT2D eigenvalue weighted by molar-refractivity contribution is -0.383. The molecule has 112 valence electrons.